The zero-order valence-corrected chi connectivity index (χ0v) is 14.1. The maximum Gasteiger partial charge on any atom is 0.335 e. The van der Waals surface area contributed by atoms with Crippen LogP contribution in [0.4, 0.5) is 0 Å². The van der Waals surface area contributed by atoms with Crippen LogP contribution in [0.25, 0.3) is 10.9 Å². The molecule has 3 rings (SSSR count). The van der Waals surface area contributed by atoms with Gasteiger partial charge in [0.2, 0.25) is 0 Å². The van der Waals surface area contributed by atoms with E-state index in [0.29, 0.717) is 12.1 Å². The van der Waals surface area contributed by atoms with Crippen LogP contribution in [0.5, 0.6) is 0 Å². The molecule has 6 heteroatoms. The first-order chi connectivity index (χ1) is 11.6. The Morgan fingerprint density at radius 1 is 1.25 bits per heavy atom. The Morgan fingerprint density at radius 2 is 2.00 bits per heavy atom. The highest BCUT2D eigenvalue weighted by molar-refractivity contribution is 5.96. The number of carboxylic acid groups (broad SMARTS) is 1. The zero-order chi connectivity index (χ0) is 17.1. The van der Waals surface area contributed by atoms with E-state index in [-0.39, 0.29) is 6.61 Å². The van der Waals surface area contributed by atoms with E-state index in [2.05, 4.69) is 16.4 Å². The molecule has 24 heavy (non-hydrogen) atoms. The predicted octanol–water partition coefficient (Wildman–Crippen LogP) is 1.09. The second kappa shape index (κ2) is 7.34. The standard InChI is InChI=1S/C18H25N3O3/c1-13-10-15(18(23)24)11-16-14(12-21(8-9-22)17(13)16)2-5-20-6-3-19-4-7-20/h10-12,19,22H,2-9H2,1H3,(H,23,24). The number of rotatable bonds is 6. The van der Waals surface area contributed by atoms with Crippen molar-refractivity contribution in [2.45, 2.75) is 19.9 Å². The summed E-state index contributed by atoms with van der Waals surface area (Å²) in [6, 6.07) is 3.48. The van der Waals surface area contributed by atoms with Crippen molar-refractivity contribution in [2.24, 2.45) is 0 Å². The molecule has 0 unspecified atom stereocenters. The number of hydrogen-bond acceptors (Lipinski definition) is 4. The van der Waals surface area contributed by atoms with Crippen LogP contribution in [0.15, 0.2) is 18.3 Å². The number of nitrogens with zero attached hydrogens (tertiary/aromatic N) is 2. The molecule has 1 aromatic heterocycles. The van der Waals surface area contributed by atoms with Crippen LogP contribution in [0.2, 0.25) is 0 Å². The molecule has 0 atom stereocenters. The molecule has 2 aromatic rings. The fourth-order valence-electron chi connectivity index (χ4n) is 3.55. The Labute approximate surface area is 141 Å². The van der Waals surface area contributed by atoms with Gasteiger partial charge in [-0.05, 0) is 36.6 Å². The largest absolute Gasteiger partial charge is 0.478 e. The summed E-state index contributed by atoms with van der Waals surface area (Å²) >= 11 is 0. The summed E-state index contributed by atoms with van der Waals surface area (Å²) in [5, 5.41) is 23.0. The minimum absolute atomic E-state index is 0.0706. The second-order valence-electron chi connectivity index (χ2n) is 6.41. The summed E-state index contributed by atoms with van der Waals surface area (Å²) in [6.45, 7) is 7.64. The summed E-state index contributed by atoms with van der Waals surface area (Å²) in [6.07, 6.45) is 2.96. The lowest BCUT2D eigenvalue weighted by molar-refractivity contribution is 0.0697. The van der Waals surface area contributed by atoms with Crippen LogP contribution in [0.3, 0.4) is 0 Å². The molecule has 3 N–H and O–H groups in total. The average Bonchev–Trinajstić information content (AvgIpc) is 2.92. The lowest BCUT2D eigenvalue weighted by atomic mass is 10.0. The average molecular weight is 331 g/mol. The fraction of sp³-hybridized carbons (Fsp3) is 0.500. The van der Waals surface area contributed by atoms with E-state index in [1.54, 1.807) is 12.1 Å². The van der Waals surface area contributed by atoms with Gasteiger partial charge < -0.3 is 25.0 Å². The predicted molar refractivity (Wildman–Crippen MR) is 93.7 cm³/mol. The number of aryl methyl sites for hydroxylation is 1. The van der Waals surface area contributed by atoms with Crippen LogP contribution in [-0.2, 0) is 13.0 Å². The van der Waals surface area contributed by atoms with Crippen molar-refractivity contribution in [3.05, 3.63) is 35.0 Å². The molecule has 0 aliphatic carbocycles. The van der Waals surface area contributed by atoms with E-state index >= 15 is 0 Å². The number of aliphatic hydroxyl groups excluding tert-OH is 1. The topological polar surface area (TPSA) is 77.7 Å². The summed E-state index contributed by atoms with van der Waals surface area (Å²) in [4.78, 5) is 13.8. The Hall–Kier alpha value is -1.89. The number of nitrogens with one attached hydrogen (secondary N) is 1. The van der Waals surface area contributed by atoms with Crippen LogP contribution >= 0.6 is 0 Å². The molecule has 1 saturated heterocycles. The van der Waals surface area contributed by atoms with Gasteiger partial charge in [0.25, 0.3) is 0 Å². The van der Waals surface area contributed by atoms with Crippen molar-refractivity contribution < 1.29 is 15.0 Å². The number of aliphatic hydroxyl groups is 1. The SMILES string of the molecule is Cc1cc(C(=O)O)cc2c(CCN3CCNCC3)cn(CCO)c12. The summed E-state index contributed by atoms with van der Waals surface area (Å²) in [5.74, 6) is -0.900. The zero-order valence-electron chi connectivity index (χ0n) is 14.1. The molecule has 0 spiro atoms. The first kappa shape index (κ1) is 17.0. The van der Waals surface area contributed by atoms with Gasteiger partial charge in [-0.3, -0.25) is 0 Å². The number of aromatic nitrogens is 1. The van der Waals surface area contributed by atoms with Gasteiger partial charge in [0.1, 0.15) is 0 Å². The van der Waals surface area contributed by atoms with E-state index in [0.717, 1.165) is 61.2 Å². The minimum Gasteiger partial charge on any atom is -0.478 e. The van der Waals surface area contributed by atoms with E-state index in [1.807, 2.05) is 11.5 Å². The van der Waals surface area contributed by atoms with Crippen molar-refractivity contribution in [3.8, 4) is 0 Å². The number of benzene rings is 1. The van der Waals surface area contributed by atoms with Crippen molar-refractivity contribution in [3.63, 3.8) is 0 Å². The molecular weight excluding hydrogens is 306 g/mol. The van der Waals surface area contributed by atoms with Gasteiger partial charge in [-0.1, -0.05) is 0 Å². The van der Waals surface area contributed by atoms with Crippen LogP contribution in [-0.4, -0.2) is 65.0 Å². The molecule has 1 aliphatic heterocycles. The van der Waals surface area contributed by atoms with E-state index in [9.17, 15) is 15.0 Å². The highest BCUT2D eigenvalue weighted by Crippen LogP contribution is 2.27. The third-order valence-electron chi connectivity index (χ3n) is 4.74. The second-order valence-corrected chi connectivity index (χ2v) is 6.41. The normalized spacial score (nSPS) is 15.9. The minimum atomic E-state index is -0.900. The van der Waals surface area contributed by atoms with Crippen LogP contribution in [0, 0.1) is 6.92 Å². The first-order valence-electron chi connectivity index (χ1n) is 8.49. The van der Waals surface area contributed by atoms with Gasteiger partial charge in [-0.15, -0.1) is 0 Å². The number of carbonyl (C=O) groups is 1. The van der Waals surface area contributed by atoms with Crippen molar-refractivity contribution >= 4 is 16.9 Å². The summed E-state index contributed by atoms with van der Waals surface area (Å²) in [5.41, 5.74) is 3.45. The smallest absolute Gasteiger partial charge is 0.335 e. The molecule has 1 aromatic carbocycles. The number of piperazine rings is 1. The highest BCUT2D eigenvalue weighted by Gasteiger charge is 2.16. The van der Waals surface area contributed by atoms with E-state index < -0.39 is 5.97 Å². The molecule has 1 fully saturated rings. The lowest BCUT2D eigenvalue weighted by Crippen LogP contribution is -2.44. The highest BCUT2D eigenvalue weighted by atomic mass is 16.4. The molecule has 0 amide bonds. The Balaban J connectivity index is 1.94. The lowest BCUT2D eigenvalue weighted by Gasteiger charge is -2.26. The quantitative estimate of drug-likeness (QED) is 0.738. The van der Waals surface area contributed by atoms with Gasteiger partial charge in [-0.25, -0.2) is 4.79 Å². The fourth-order valence-corrected chi connectivity index (χ4v) is 3.55. The summed E-state index contributed by atoms with van der Waals surface area (Å²) in [7, 11) is 0. The Morgan fingerprint density at radius 3 is 2.67 bits per heavy atom. The molecule has 130 valence electrons. The number of carboxylic acids is 1. The molecule has 6 nitrogen and oxygen atoms in total. The molecule has 1 aliphatic rings. The molecular formula is C18H25N3O3. The van der Waals surface area contributed by atoms with Gasteiger partial charge >= 0.3 is 5.97 Å². The molecule has 0 saturated carbocycles. The van der Waals surface area contributed by atoms with Gasteiger partial charge in [0.15, 0.2) is 0 Å². The van der Waals surface area contributed by atoms with Crippen molar-refractivity contribution in [1.29, 1.82) is 0 Å². The van der Waals surface area contributed by atoms with Crippen LogP contribution in [0.1, 0.15) is 21.5 Å². The Bertz CT molecular complexity index is 733. The maximum atomic E-state index is 11.4. The number of aromatic carboxylic acids is 1. The number of hydrogen-bond donors (Lipinski definition) is 3. The summed E-state index contributed by atoms with van der Waals surface area (Å²) < 4.78 is 2.05. The van der Waals surface area contributed by atoms with Gasteiger partial charge in [0, 0.05) is 50.9 Å². The van der Waals surface area contributed by atoms with Crippen molar-refractivity contribution in [2.75, 3.05) is 39.3 Å². The van der Waals surface area contributed by atoms with Crippen molar-refractivity contribution in [1.82, 2.24) is 14.8 Å². The molecule has 0 radical (unpaired) electrons. The molecule has 0 bridgehead atoms. The maximum absolute atomic E-state index is 11.4. The molecule has 2 heterocycles. The Kier molecular flexibility index (Phi) is 5.18. The van der Waals surface area contributed by atoms with Gasteiger partial charge in [-0.2, -0.15) is 0 Å². The van der Waals surface area contributed by atoms with E-state index in [4.69, 9.17) is 0 Å². The van der Waals surface area contributed by atoms with Crippen LogP contribution < -0.4 is 5.32 Å². The van der Waals surface area contributed by atoms with E-state index in [1.165, 1.54) is 0 Å². The third kappa shape index (κ3) is 3.45. The number of fused-ring (bicyclic) bond motifs is 1. The first-order valence-corrected chi connectivity index (χ1v) is 8.49. The van der Waals surface area contributed by atoms with Gasteiger partial charge in [0.05, 0.1) is 17.7 Å². The monoisotopic (exact) mass is 331 g/mol. The third-order valence-corrected chi connectivity index (χ3v) is 4.74.